The highest BCUT2D eigenvalue weighted by atomic mass is 32.2. The van der Waals surface area contributed by atoms with Crippen LogP contribution in [-0.2, 0) is 26.5 Å². The van der Waals surface area contributed by atoms with E-state index in [1.807, 2.05) is 48.0 Å². The molecule has 0 spiro atoms. The number of hydrogen-bond donors (Lipinski definition) is 0. The fourth-order valence-electron chi connectivity index (χ4n) is 5.94. The Labute approximate surface area is 182 Å². The van der Waals surface area contributed by atoms with Crippen LogP contribution in [-0.4, -0.2) is 35.5 Å². The SMILES string of the molecule is C[C@H]1C(=O)C(C#N)=C[C@@]2(C)c3c(c(-c4ccccc4)nn3C3CCS(=O)(=O)C3)CC[C@H]12. The summed E-state index contributed by atoms with van der Waals surface area (Å²) in [7, 11) is -3.09. The molecule has 0 amide bonds. The Morgan fingerprint density at radius 3 is 2.61 bits per heavy atom. The number of rotatable bonds is 2. The van der Waals surface area contributed by atoms with Crippen LogP contribution in [0.4, 0.5) is 0 Å². The summed E-state index contributed by atoms with van der Waals surface area (Å²) < 4.78 is 26.5. The summed E-state index contributed by atoms with van der Waals surface area (Å²) in [5.41, 5.74) is 3.65. The van der Waals surface area contributed by atoms with E-state index in [1.165, 1.54) is 0 Å². The van der Waals surface area contributed by atoms with E-state index in [2.05, 4.69) is 13.0 Å². The van der Waals surface area contributed by atoms with Crippen molar-refractivity contribution in [2.45, 2.75) is 44.6 Å². The summed E-state index contributed by atoms with van der Waals surface area (Å²) in [5.74, 6) is -0.0396. The quantitative estimate of drug-likeness (QED) is 0.721. The monoisotopic (exact) mass is 435 g/mol. The summed E-state index contributed by atoms with van der Waals surface area (Å²) in [6, 6.07) is 11.8. The van der Waals surface area contributed by atoms with Crippen LogP contribution in [0.2, 0.25) is 0 Å². The molecule has 0 N–H and O–H groups in total. The standard InChI is InChI=1S/C24H25N3O3S/c1-15-20-9-8-19-21(16-6-4-3-5-7-16)26-27(18-10-11-31(29,30)14-18)23(19)24(20,2)12-17(13-25)22(15)28/h3-7,12,15,18,20H,8-11,14H2,1-2H3/t15-,18?,20-,24-/m1/s1. The van der Waals surface area contributed by atoms with Gasteiger partial charge >= 0.3 is 0 Å². The minimum atomic E-state index is -3.09. The maximum Gasteiger partial charge on any atom is 0.176 e. The zero-order valence-corrected chi connectivity index (χ0v) is 18.5. The Hall–Kier alpha value is -2.72. The van der Waals surface area contributed by atoms with E-state index >= 15 is 0 Å². The number of aromatic nitrogens is 2. The highest BCUT2D eigenvalue weighted by molar-refractivity contribution is 7.91. The molecule has 2 aromatic rings. The molecule has 0 bridgehead atoms. The van der Waals surface area contributed by atoms with Gasteiger partial charge in [0.05, 0.1) is 34.5 Å². The van der Waals surface area contributed by atoms with Gasteiger partial charge in [-0.3, -0.25) is 9.48 Å². The van der Waals surface area contributed by atoms with Gasteiger partial charge in [0.2, 0.25) is 0 Å². The number of carbonyl (C=O) groups excluding carboxylic acids is 1. The Bertz CT molecular complexity index is 1250. The van der Waals surface area contributed by atoms with Gasteiger partial charge < -0.3 is 0 Å². The molecule has 0 saturated carbocycles. The zero-order valence-electron chi connectivity index (χ0n) is 17.7. The average molecular weight is 436 g/mol. The molecule has 5 rings (SSSR count). The number of hydrogen-bond acceptors (Lipinski definition) is 5. The van der Waals surface area contributed by atoms with Crippen LogP contribution in [0, 0.1) is 23.2 Å². The maximum absolute atomic E-state index is 12.7. The first-order chi connectivity index (χ1) is 14.7. The Balaban J connectivity index is 1.77. The fourth-order valence-corrected chi connectivity index (χ4v) is 7.64. The van der Waals surface area contributed by atoms with Crippen LogP contribution in [0.3, 0.4) is 0 Å². The fraction of sp³-hybridized carbons (Fsp3) is 0.458. The molecule has 1 saturated heterocycles. The summed E-state index contributed by atoms with van der Waals surface area (Å²) in [6.45, 7) is 4.01. The first-order valence-electron chi connectivity index (χ1n) is 10.8. The third-order valence-corrected chi connectivity index (χ3v) is 9.19. The molecule has 160 valence electrons. The minimum absolute atomic E-state index is 0.0571. The molecular weight excluding hydrogens is 410 g/mol. The van der Waals surface area contributed by atoms with Crippen LogP contribution in [0.5, 0.6) is 0 Å². The number of nitrogens with zero attached hydrogens (tertiary/aromatic N) is 3. The van der Waals surface area contributed by atoms with E-state index in [1.54, 1.807) is 0 Å². The van der Waals surface area contributed by atoms with E-state index in [9.17, 15) is 18.5 Å². The summed E-state index contributed by atoms with van der Waals surface area (Å²) >= 11 is 0. The Kier molecular flexibility index (Phi) is 4.49. The van der Waals surface area contributed by atoms with Gasteiger partial charge in [-0.25, -0.2) is 8.42 Å². The van der Waals surface area contributed by atoms with Gasteiger partial charge in [-0.2, -0.15) is 10.4 Å². The number of sulfone groups is 1. The highest BCUT2D eigenvalue weighted by Crippen LogP contribution is 2.52. The lowest BCUT2D eigenvalue weighted by Crippen LogP contribution is -2.46. The molecule has 4 atom stereocenters. The van der Waals surface area contributed by atoms with Crippen molar-refractivity contribution in [3.8, 4) is 17.3 Å². The number of carbonyl (C=O) groups is 1. The van der Waals surface area contributed by atoms with Gasteiger partial charge in [0.1, 0.15) is 6.07 Å². The highest BCUT2D eigenvalue weighted by Gasteiger charge is 2.51. The second-order valence-corrected chi connectivity index (χ2v) is 11.5. The molecule has 1 unspecified atom stereocenters. The van der Waals surface area contributed by atoms with Crippen LogP contribution in [0.1, 0.15) is 44.0 Å². The molecule has 7 heteroatoms. The topological polar surface area (TPSA) is 92.8 Å². The number of fused-ring (bicyclic) bond motifs is 3. The van der Waals surface area contributed by atoms with E-state index < -0.39 is 15.3 Å². The number of nitriles is 1. The van der Waals surface area contributed by atoms with Crippen molar-refractivity contribution in [1.29, 1.82) is 5.26 Å². The van der Waals surface area contributed by atoms with Gasteiger partial charge in [0.15, 0.2) is 15.6 Å². The number of allylic oxidation sites excluding steroid dienone is 2. The van der Waals surface area contributed by atoms with E-state index in [0.29, 0.717) is 6.42 Å². The molecule has 1 fully saturated rings. The molecule has 1 aromatic carbocycles. The largest absolute Gasteiger partial charge is 0.293 e. The predicted molar refractivity (Wildman–Crippen MR) is 117 cm³/mol. The van der Waals surface area contributed by atoms with Gasteiger partial charge in [0, 0.05) is 22.5 Å². The molecule has 2 aliphatic carbocycles. The van der Waals surface area contributed by atoms with Crippen molar-refractivity contribution >= 4 is 15.6 Å². The third-order valence-electron chi connectivity index (χ3n) is 7.44. The molecule has 31 heavy (non-hydrogen) atoms. The van der Waals surface area contributed by atoms with Crippen LogP contribution >= 0.6 is 0 Å². The zero-order chi connectivity index (χ0) is 22.0. The smallest absolute Gasteiger partial charge is 0.176 e. The molecule has 0 radical (unpaired) electrons. The normalized spacial score (nSPS) is 31.5. The maximum atomic E-state index is 12.7. The third kappa shape index (κ3) is 3.00. The second-order valence-electron chi connectivity index (χ2n) is 9.29. The first kappa shape index (κ1) is 20.2. The molecule has 1 aromatic heterocycles. The summed E-state index contributed by atoms with van der Waals surface area (Å²) in [4.78, 5) is 12.7. The first-order valence-corrected chi connectivity index (χ1v) is 12.6. The van der Waals surface area contributed by atoms with Crippen molar-refractivity contribution in [2.75, 3.05) is 11.5 Å². The second kappa shape index (κ2) is 6.89. The van der Waals surface area contributed by atoms with E-state index in [0.717, 1.165) is 35.4 Å². The lowest BCUT2D eigenvalue weighted by atomic mass is 9.57. The minimum Gasteiger partial charge on any atom is -0.293 e. The number of benzene rings is 1. The average Bonchev–Trinajstić information content (AvgIpc) is 3.32. The lowest BCUT2D eigenvalue weighted by Gasteiger charge is -2.46. The summed E-state index contributed by atoms with van der Waals surface area (Å²) in [6.07, 6.45) is 3.98. The van der Waals surface area contributed by atoms with Gasteiger partial charge in [-0.15, -0.1) is 0 Å². The number of ketones is 1. The summed E-state index contributed by atoms with van der Waals surface area (Å²) in [5, 5.41) is 14.6. The van der Waals surface area contributed by atoms with Crippen molar-refractivity contribution in [3.05, 3.63) is 53.2 Å². The van der Waals surface area contributed by atoms with Crippen molar-refractivity contribution in [2.24, 2.45) is 11.8 Å². The van der Waals surface area contributed by atoms with Crippen LogP contribution in [0.25, 0.3) is 11.3 Å². The molecule has 1 aliphatic heterocycles. The molecular formula is C24H25N3O3S. The number of Topliss-reactive ketones (excluding diaryl/α,β-unsaturated/α-hetero) is 1. The van der Waals surface area contributed by atoms with Gasteiger partial charge in [-0.1, -0.05) is 50.3 Å². The molecule has 6 nitrogen and oxygen atoms in total. The van der Waals surface area contributed by atoms with Crippen LogP contribution in [0.15, 0.2) is 42.0 Å². The van der Waals surface area contributed by atoms with Gasteiger partial charge in [-0.05, 0) is 25.2 Å². The van der Waals surface area contributed by atoms with Crippen LogP contribution < -0.4 is 0 Å². The lowest BCUT2D eigenvalue weighted by molar-refractivity contribution is -0.121. The predicted octanol–water partition coefficient (Wildman–Crippen LogP) is 3.40. The van der Waals surface area contributed by atoms with E-state index in [4.69, 9.17) is 5.10 Å². The van der Waals surface area contributed by atoms with Gasteiger partial charge in [0.25, 0.3) is 0 Å². The van der Waals surface area contributed by atoms with E-state index in [-0.39, 0.29) is 40.7 Å². The van der Waals surface area contributed by atoms with Crippen molar-refractivity contribution in [3.63, 3.8) is 0 Å². The Morgan fingerprint density at radius 1 is 1.23 bits per heavy atom. The van der Waals surface area contributed by atoms with Crippen molar-refractivity contribution < 1.29 is 13.2 Å². The Morgan fingerprint density at radius 2 is 1.97 bits per heavy atom. The van der Waals surface area contributed by atoms with Crippen molar-refractivity contribution in [1.82, 2.24) is 9.78 Å². The molecule has 2 heterocycles. The molecule has 3 aliphatic rings.